The number of para-hydroxylation sites is 1. The van der Waals surface area contributed by atoms with Crippen LogP contribution in [0.3, 0.4) is 0 Å². The summed E-state index contributed by atoms with van der Waals surface area (Å²) in [6.45, 7) is 1.98. The van der Waals surface area contributed by atoms with Crippen molar-refractivity contribution < 1.29 is 19.1 Å². The first kappa shape index (κ1) is 19.6. The number of carbonyl (C=O) groups excluding carboxylic acids is 3. The standard InChI is InChI=1S/C24H25N3O4/c1-15-8-10-16(11-9-15)26-20(14-21(28)31-3)19-12-13-24(27(19)23(26)30)17-6-4-5-7-18(17)25(2)22(24)29/h4-11,19-20H,12-14H2,1-3H3/t19-,20-,24+/m0/s1. The third-order valence-electron chi connectivity index (χ3n) is 7.02. The summed E-state index contributed by atoms with van der Waals surface area (Å²) in [6.07, 6.45) is 1.27. The lowest BCUT2D eigenvalue weighted by Crippen LogP contribution is -2.52. The molecule has 0 aromatic heterocycles. The Labute approximate surface area is 181 Å². The maximum absolute atomic E-state index is 13.9. The van der Waals surface area contributed by atoms with Gasteiger partial charge >= 0.3 is 12.0 Å². The minimum atomic E-state index is -1.03. The number of methoxy groups -OCH3 is 1. The van der Waals surface area contributed by atoms with E-state index in [2.05, 4.69) is 0 Å². The molecule has 3 aliphatic heterocycles. The van der Waals surface area contributed by atoms with Crippen LogP contribution in [0.15, 0.2) is 48.5 Å². The van der Waals surface area contributed by atoms with Crippen LogP contribution in [0.2, 0.25) is 0 Å². The first-order valence-corrected chi connectivity index (χ1v) is 10.5. The highest BCUT2D eigenvalue weighted by Gasteiger charge is 2.66. The molecule has 0 unspecified atom stereocenters. The smallest absolute Gasteiger partial charge is 0.326 e. The number of rotatable bonds is 3. The molecule has 3 aliphatic rings. The fourth-order valence-corrected chi connectivity index (χ4v) is 5.57. The fourth-order valence-electron chi connectivity index (χ4n) is 5.57. The SMILES string of the molecule is COC(=O)C[C@H]1[C@@H]2CC[C@@]3(C(=O)N(C)c4ccccc43)N2C(=O)N1c1ccc(C)cc1. The second-order valence-electron chi connectivity index (χ2n) is 8.55. The third kappa shape index (κ3) is 2.55. The molecule has 3 heterocycles. The van der Waals surface area contributed by atoms with Gasteiger partial charge in [-0.05, 0) is 38.0 Å². The van der Waals surface area contributed by atoms with Gasteiger partial charge in [0.25, 0.3) is 5.91 Å². The number of aryl methyl sites for hydroxylation is 1. The van der Waals surface area contributed by atoms with E-state index in [9.17, 15) is 14.4 Å². The average Bonchev–Trinajstić information content (AvgIpc) is 3.37. The molecule has 0 radical (unpaired) electrons. The maximum atomic E-state index is 13.9. The molecule has 1 spiro atoms. The molecule has 7 nitrogen and oxygen atoms in total. The second-order valence-corrected chi connectivity index (χ2v) is 8.55. The minimum Gasteiger partial charge on any atom is -0.469 e. The number of amides is 3. The Balaban J connectivity index is 1.64. The van der Waals surface area contributed by atoms with Crippen molar-refractivity contribution in [1.29, 1.82) is 0 Å². The molecular weight excluding hydrogens is 394 g/mol. The van der Waals surface area contributed by atoms with Gasteiger partial charge in [0.05, 0.1) is 25.6 Å². The fraction of sp³-hybridized carbons (Fsp3) is 0.375. The van der Waals surface area contributed by atoms with Crippen LogP contribution in [0, 0.1) is 6.92 Å². The Morgan fingerprint density at radius 3 is 2.55 bits per heavy atom. The zero-order valence-electron chi connectivity index (χ0n) is 17.9. The van der Waals surface area contributed by atoms with Crippen molar-refractivity contribution in [2.24, 2.45) is 0 Å². The van der Waals surface area contributed by atoms with Crippen LogP contribution in [0.4, 0.5) is 16.2 Å². The van der Waals surface area contributed by atoms with Gasteiger partial charge in [0.2, 0.25) is 0 Å². The summed E-state index contributed by atoms with van der Waals surface area (Å²) in [4.78, 5) is 44.8. The molecule has 2 fully saturated rings. The molecule has 0 aliphatic carbocycles. The number of likely N-dealkylation sites (N-methyl/N-ethyl adjacent to an activating group) is 1. The molecular formula is C24H25N3O4. The van der Waals surface area contributed by atoms with E-state index in [1.165, 1.54) is 7.11 Å². The zero-order chi connectivity index (χ0) is 21.9. The quantitative estimate of drug-likeness (QED) is 0.717. The summed E-state index contributed by atoms with van der Waals surface area (Å²) < 4.78 is 4.94. The average molecular weight is 419 g/mol. The Morgan fingerprint density at radius 1 is 1.13 bits per heavy atom. The summed E-state index contributed by atoms with van der Waals surface area (Å²) in [5.74, 6) is -0.458. The first-order chi connectivity index (χ1) is 14.9. The van der Waals surface area contributed by atoms with Crippen LogP contribution in [-0.4, -0.2) is 49.0 Å². The van der Waals surface area contributed by atoms with Crippen molar-refractivity contribution in [3.8, 4) is 0 Å². The van der Waals surface area contributed by atoms with Gasteiger partial charge in [-0.2, -0.15) is 0 Å². The van der Waals surface area contributed by atoms with E-state index in [0.29, 0.717) is 12.8 Å². The number of benzene rings is 2. The Morgan fingerprint density at radius 2 is 1.84 bits per heavy atom. The number of ether oxygens (including phenoxy) is 1. The van der Waals surface area contributed by atoms with Gasteiger partial charge in [-0.25, -0.2) is 4.79 Å². The minimum absolute atomic E-state index is 0.0824. The largest absolute Gasteiger partial charge is 0.469 e. The molecule has 2 aromatic rings. The highest BCUT2D eigenvalue weighted by atomic mass is 16.5. The number of esters is 1. The second kappa shape index (κ2) is 6.83. The summed E-state index contributed by atoms with van der Waals surface area (Å²) in [5, 5.41) is 0. The highest BCUT2D eigenvalue weighted by molar-refractivity contribution is 6.11. The predicted molar refractivity (Wildman–Crippen MR) is 116 cm³/mol. The lowest BCUT2D eigenvalue weighted by Gasteiger charge is -2.33. The number of hydrogen-bond donors (Lipinski definition) is 0. The number of fused-ring (bicyclic) bond motifs is 4. The Bertz CT molecular complexity index is 1080. The number of hydrogen-bond acceptors (Lipinski definition) is 4. The summed E-state index contributed by atoms with van der Waals surface area (Å²) in [7, 11) is 3.11. The maximum Gasteiger partial charge on any atom is 0.326 e. The Kier molecular flexibility index (Phi) is 4.32. The first-order valence-electron chi connectivity index (χ1n) is 10.5. The highest BCUT2D eigenvalue weighted by Crippen LogP contribution is 2.55. The van der Waals surface area contributed by atoms with Gasteiger partial charge < -0.3 is 14.5 Å². The number of urea groups is 1. The van der Waals surface area contributed by atoms with Crippen LogP contribution < -0.4 is 9.80 Å². The van der Waals surface area contributed by atoms with Crippen molar-refractivity contribution in [3.05, 3.63) is 59.7 Å². The van der Waals surface area contributed by atoms with E-state index in [4.69, 9.17) is 4.74 Å². The normalized spacial score (nSPS) is 26.6. The number of nitrogens with zero attached hydrogens (tertiary/aromatic N) is 3. The lowest BCUT2D eigenvalue weighted by atomic mass is 9.88. The van der Waals surface area contributed by atoms with Crippen LogP contribution in [0.1, 0.15) is 30.4 Å². The van der Waals surface area contributed by atoms with Crippen LogP contribution in [-0.2, 0) is 19.9 Å². The van der Waals surface area contributed by atoms with E-state index >= 15 is 0 Å². The van der Waals surface area contributed by atoms with Crippen LogP contribution >= 0.6 is 0 Å². The van der Waals surface area contributed by atoms with E-state index in [1.807, 2.05) is 55.5 Å². The molecule has 0 bridgehead atoms. The summed E-state index contributed by atoms with van der Waals surface area (Å²) >= 11 is 0. The van der Waals surface area contributed by atoms with Crippen molar-refractivity contribution >= 4 is 29.3 Å². The molecule has 0 N–H and O–H groups in total. The summed E-state index contributed by atoms with van der Waals surface area (Å²) in [5.41, 5.74) is 2.47. The van der Waals surface area contributed by atoms with Crippen molar-refractivity contribution in [2.45, 2.75) is 43.8 Å². The number of carbonyl (C=O) groups is 3. The van der Waals surface area contributed by atoms with Gasteiger partial charge in [-0.1, -0.05) is 35.9 Å². The molecule has 2 saturated heterocycles. The van der Waals surface area contributed by atoms with E-state index < -0.39 is 11.6 Å². The molecule has 3 atom stereocenters. The summed E-state index contributed by atoms with van der Waals surface area (Å²) in [6, 6.07) is 14.5. The molecule has 0 saturated carbocycles. The van der Waals surface area contributed by atoms with Gasteiger partial charge in [0, 0.05) is 24.0 Å². The van der Waals surface area contributed by atoms with Gasteiger partial charge in [-0.15, -0.1) is 0 Å². The molecule has 5 rings (SSSR count). The van der Waals surface area contributed by atoms with Crippen LogP contribution in [0.25, 0.3) is 0 Å². The van der Waals surface area contributed by atoms with Crippen molar-refractivity contribution in [1.82, 2.24) is 4.90 Å². The molecule has 31 heavy (non-hydrogen) atoms. The lowest BCUT2D eigenvalue weighted by molar-refractivity contribution is -0.141. The molecule has 2 aromatic carbocycles. The third-order valence-corrected chi connectivity index (χ3v) is 7.02. The predicted octanol–water partition coefficient (Wildman–Crippen LogP) is 3.20. The molecule has 3 amide bonds. The van der Waals surface area contributed by atoms with E-state index in [-0.39, 0.29) is 30.4 Å². The van der Waals surface area contributed by atoms with Crippen molar-refractivity contribution in [2.75, 3.05) is 24.0 Å². The van der Waals surface area contributed by atoms with Gasteiger partial charge in [0.1, 0.15) is 0 Å². The molecule has 160 valence electrons. The molecule has 7 heteroatoms. The number of anilines is 2. The van der Waals surface area contributed by atoms with Crippen molar-refractivity contribution in [3.63, 3.8) is 0 Å². The monoisotopic (exact) mass is 419 g/mol. The topological polar surface area (TPSA) is 70.2 Å². The Hall–Kier alpha value is -3.35. The van der Waals surface area contributed by atoms with Crippen LogP contribution in [0.5, 0.6) is 0 Å². The van der Waals surface area contributed by atoms with Gasteiger partial charge in [-0.3, -0.25) is 14.5 Å². The van der Waals surface area contributed by atoms with E-state index in [1.54, 1.807) is 21.7 Å². The van der Waals surface area contributed by atoms with E-state index in [0.717, 1.165) is 22.5 Å². The zero-order valence-corrected chi connectivity index (χ0v) is 17.9. The van der Waals surface area contributed by atoms with Gasteiger partial charge in [0.15, 0.2) is 5.54 Å².